The summed E-state index contributed by atoms with van der Waals surface area (Å²) in [6, 6.07) is 14.5. The molecule has 6 heteroatoms. The molecule has 1 amide bonds. The van der Waals surface area contributed by atoms with Gasteiger partial charge in [-0.25, -0.2) is 0 Å². The number of hydrogen-bond acceptors (Lipinski definition) is 4. The van der Waals surface area contributed by atoms with E-state index in [1.54, 1.807) is 6.92 Å². The van der Waals surface area contributed by atoms with Crippen LogP contribution in [0.5, 0.6) is 0 Å². The molecule has 2 unspecified atom stereocenters. The minimum atomic E-state index is -0.540. The van der Waals surface area contributed by atoms with Gasteiger partial charge >= 0.3 is 5.97 Å². The van der Waals surface area contributed by atoms with Crippen molar-refractivity contribution in [3.8, 4) is 0 Å². The molecule has 2 aromatic rings. The van der Waals surface area contributed by atoms with Gasteiger partial charge in [0, 0.05) is 37.9 Å². The second kappa shape index (κ2) is 11.9. The molecule has 35 heavy (non-hydrogen) atoms. The molecule has 0 bridgehead atoms. The Morgan fingerprint density at radius 1 is 1.11 bits per heavy atom. The minimum Gasteiger partial charge on any atom is -0.459 e. The number of carbonyl (C=O) groups excluding carboxylic acids is 2. The second-order valence-electron chi connectivity index (χ2n) is 11.0. The summed E-state index contributed by atoms with van der Waals surface area (Å²) in [4.78, 5) is 27.7. The maximum Gasteiger partial charge on any atom is 0.323 e. The lowest BCUT2D eigenvalue weighted by molar-refractivity contribution is -0.161. The molecule has 1 saturated heterocycles. The van der Waals surface area contributed by atoms with Crippen LogP contribution in [0.25, 0.3) is 0 Å². The third kappa shape index (κ3) is 7.44. The van der Waals surface area contributed by atoms with Gasteiger partial charge in [-0.05, 0) is 70.6 Å². The predicted octanol–water partition coefficient (Wildman–Crippen LogP) is 5.35. The topological polar surface area (TPSA) is 63.6 Å². The van der Waals surface area contributed by atoms with Crippen molar-refractivity contribution in [2.24, 2.45) is 5.92 Å². The zero-order valence-electron chi connectivity index (χ0n) is 22.2. The van der Waals surface area contributed by atoms with Crippen LogP contribution in [-0.2, 0) is 20.9 Å². The number of amides is 1. The Bertz CT molecular complexity index is 936. The van der Waals surface area contributed by atoms with Crippen molar-refractivity contribution in [3.05, 3.63) is 60.4 Å². The lowest BCUT2D eigenvalue weighted by Gasteiger charge is -2.36. The summed E-state index contributed by atoms with van der Waals surface area (Å²) in [6.45, 7) is 12.3. The van der Waals surface area contributed by atoms with Crippen LogP contribution in [0.3, 0.4) is 0 Å². The first-order chi connectivity index (χ1) is 16.6. The third-order valence-corrected chi connectivity index (χ3v) is 6.97. The number of rotatable bonds is 10. The molecule has 3 rings (SSSR count). The maximum absolute atomic E-state index is 13.5. The molecule has 5 atom stereocenters. The van der Waals surface area contributed by atoms with E-state index in [1.807, 2.05) is 51.1 Å². The van der Waals surface area contributed by atoms with Gasteiger partial charge in [-0.2, -0.15) is 0 Å². The molecule has 192 valence electrons. The van der Waals surface area contributed by atoms with E-state index in [1.165, 1.54) is 5.56 Å². The Morgan fingerprint density at radius 3 is 2.34 bits per heavy atom. The monoisotopic (exact) mass is 481 g/mol. The van der Waals surface area contributed by atoms with Gasteiger partial charge in [0.25, 0.3) is 0 Å². The third-order valence-electron chi connectivity index (χ3n) is 6.97. The first-order valence-corrected chi connectivity index (χ1v) is 13.0. The highest BCUT2D eigenvalue weighted by Crippen LogP contribution is 2.40. The van der Waals surface area contributed by atoms with Crippen LogP contribution in [0.15, 0.2) is 54.9 Å². The number of carbonyl (C=O) groups is 2. The summed E-state index contributed by atoms with van der Waals surface area (Å²) in [5.41, 5.74) is 0.641. The molecule has 1 aliphatic rings. The van der Waals surface area contributed by atoms with Gasteiger partial charge in [0.1, 0.15) is 11.6 Å². The first-order valence-electron chi connectivity index (χ1n) is 13.0. The van der Waals surface area contributed by atoms with Gasteiger partial charge < -0.3 is 14.6 Å². The van der Waals surface area contributed by atoms with E-state index in [2.05, 4.69) is 53.2 Å². The van der Waals surface area contributed by atoms with E-state index in [4.69, 9.17) is 4.74 Å². The first kappa shape index (κ1) is 27.0. The summed E-state index contributed by atoms with van der Waals surface area (Å²) in [7, 11) is 0. The normalized spacial score (nSPS) is 22.5. The Labute approximate surface area is 211 Å². The summed E-state index contributed by atoms with van der Waals surface area (Å²) in [5, 5.41) is 3.12. The fourth-order valence-corrected chi connectivity index (χ4v) is 5.47. The van der Waals surface area contributed by atoms with Gasteiger partial charge in [0.15, 0.2) is 0 Å². The van der Waals surface area contributed by atoms with Crippen LogP contribution in [-0.4, -0.2) is 45.1 Å². The molecule has 6 nitrogen and oxygen atoms in total. The fourth-order valence-electron chi connectivity index (χ4n) is 5.47. The molecule has 1 aromatic heterocycles. The molecule has 1 aliphatic heterocycles. The minimum absolute atomic E-state index is 0.000224. The number of benzene rings is 1. The number of ether oxygens (including phenoxy) is 1. The highest BCUT2D eigenvalue weighted by Gasteiger charge is 2.47. The van der Waals surface area contributed by atoms with Gasteiger partial charge in [-0.15, -0.1) is 0 Å². The van der Waals surface area contributed by atoms with Crippen molar-refractivity contribution in [2.75, 3.05) is 0 Å². The van der Waals surface area contributed by atoms with Crippen LogP contribution in [0.1, 0.15) is 78.8 Å². The molecule has 0 spiro atoms. The lowest BCUT2D eigenvalue weighted by atomic mass is 9.86. The molecule has 0 aliphatic carbocycles. The van der Waals surface area contributed by atoms with E-state index in [9.17, 15) is 9.59 Å². The number of nitrogens with zero attached hydrogens (tertiary/aromatic N) is 2. The average molecular weight is 482 g/mol. The van der Waals surface area contributed by atoms with E-state index in [0.29, 0.717) is 18.9 Å². The zero-order chi connectivity index (χ0) is 25.6. The zero-order valence-corrected chi connectivity index (χ0v) is 22.2. The van der Waals surface area contributed by atoms with Crippen LogP contribution < -0.4 is 5.32 Å². The van der Waals surface area contributed by atoms with Crippen LogP contribution in [0, 0.1) is 5.92 Å². The molecule has 2 heterocycles. The standard InChI is InChI=1S/C29H43N3O3/c1-7-13-24(21(2)30-22(3)33)18-26-25(31-16-11-12-17-31)19-27(28(34)35-29(4,5)6)32(26)20-23-14-9-8-10-15-23/h8-12,14-17,21,24-27H,7,13,18-20H2,1-6H3,(H,30,33)/t21?,24?,25-,26+,27-/m1/s1. The van der Waals surface area contributed by atoms with E-state index >= 15 is 0 Å². The van der Waals surface area contributed by atoms with E-state index in [-0.39, 0.29) is 36.0 Å². The second-order valence-corrected chi connectivity index (χ2v) is 11.0. The predicted molar refractivity (Wildman–Crippen MR) is 140 cm³/mol. The summed E-state index contributed by atoms with van der Waals surface area (Å²) in [6.07, 6.45) is 7.86. The fraction of sp³-hybridized carbons (Fsp3) is 0.586. The number of nitrogens with one attached hydrogen (secondary N) is 1. The van der Waals surface area contributed by atoms with Gasteiger partial charge in [-0.1, -0.05) is 43.7 Å². The quantitative estimate of drug-likeness (QED) is 0.465. The summed E-state index contributed by atoms with van der Waals surface area (Å²) < 4.78 is 8.16. The van der Waals surface area contributed by atoms with Crippen molar-refractivity contribution in [3.63, 3.8) is 0 Å². The number of hydrogen-bond donors (Lipinski definition) is 1. The number of likely N-dealkylation sites (tertiary alicyclic amines) is 1. The largest absolute Gasteiger partial charge is 0.459 e. The van der Waals surface area contributed by atoms with Gasteiger partial charge in [0.05, 0.1) is 6.04 Å². The van der Waals surface area contributed by atoms with Gasteiger partial charge in [0.2, 0.25) is 5.91 Å². The molecule has 1 fully saturated rings. The number of aromatic nitrogens is 1. The average Bonchev–Trinajstić information content (AvgIpc) is 3.41. The van der Waals surface area contributed by atoms with Crippen LogP contribution in [0.4, 0.5) is 0 Å². The Morgan fingerprint density at radius 2 is 1.77 bits per heavy atom. The van der Waals surface area contributed by atoms with Crippen molar-refractivity contribution in [2.45, 2.75) is 104 Å². The molecule has 0 saturated carbocycles. The molecule has 1 N–H and O–H groups in total. The highest BCUT2D eigenvalue weighted by atomic mass is 16.6. The van der Waals surface area contributed by atoms with Crippen LogP contribution in [0.2, 0.25) is 0 Å². The number of esters is 1. The Balaban J connectivity index is 1.98. The lowest BCUT2D eigenvalue weighted by Crippen LogP contribution is -2.46. The van der Waals surface area contributed by atoms with Gasteiger partial charge in [-0.3, -0.25) is 14.5 Å². The van der Waals surface area contributed by atoms with Crippen molar-refractivity contribution in [1.29, 1.82) is 0 Å². The van der Waals surface area contributed by atoms with E-state index < -0.39 is 5.60 Å². The van der Waals surface area contributed by atoms with Crippen molar-refractivity contribution in [1.82, 2.24) is 14.8 Å². The molecule has 0 radical (unpaired) electrons. The van der Waals surface area contributed by atoms with E-state index in [0.717, 1.165) is 19.3 Å². The molecule has 1 aromatic carbocycles. The molecular formula is C29H43N3O3. The highest BCUT2D eigenvalue weighted by molar-refractivity contribution is 5.77. The Hall–Kier alpha value is -2.60. The Kier molecular flexibility index (Phi) is 9.17. The maximum atomic E-state index is 13.5. The smallest absolute Gasteiger partial charge is 0.323 e. The van der Waals surface area contributed by atoms with Crippen molar-refractivity contribution >= 4 is 11.9 Å². The van der Waals surface area contributed by atoms with Crippen molar-refractivity contribution < 1.29 is 14.3 Å². The summed E-state index contributed by atoms with van der Waals surface area (Å²) in [5.74, 6) is 0.150. The molecular weight excluding hydrogens is 438 g/mol. The van der Waals surface area contributed by atoms with Crippen LogP contribution >= 0.6 is 0 Å². The summed E-state index contributed by atoms with van der Waals surface area (Å²) >= 11 is 0. The SMILES string of the molecule is CCCC(C[C@H]1[C@H](n2cccc2)C[C@H](C(=O)OC(C)(C)C)N1Cc1ccccc1)C(C)NC(C)=O.